The highest BCUT2D eigenvalue weighted by Crippen LogP contribution is 2.42. The summed E-state index contributed by atoms with van der Waals surface area (Å²) in [5.41, 5.74) is 15.7. The van der Waals surface area contributed by atoms with Crippen LogP contribution in [0.15, 0.2) is 235 Å². The fraction of sp³-hybridized carbons (Fsp3) is 0. The predicted octanol–water partition coefficient (Wildman–Crippen LogP) is 16.3. The van der Waals surface area contributed by atoms with Gasteiger partial charge in [-0.15, -0.1) is 0 Å². The molecule has 0 spiro atoms. The highest BCUT2D eigenvalue weighted by Gasteiger charge is 2.19. The van der Waals surface area contributed by atoms with Gasteiger partial charge in [0.25, 0.3) is 0 Å². The van der Waals surface area contributed by atoms with Crippen LogP contribution in [0.5, 0.6) is 0 Å². The molecule has 61 heavy (non-hydrogen) atoms. The van der Waals surface area contributed by atoms with E-state index >= 15 is 0 Å². The maximum Gasteiger partial charge on any atom is 0.137 e. The molecule has 0 aliphatic carbocycles. The van der Waals surface area contributed by atoms with Crippen molar-refractivity contribution >= 4 is 71.6 Å². The van der Waals surface area contributed by atoms with Gasteiger partial charge in [0.05, 0.1) is 22.1 Å². The molecule has 3 heteroatoms. The van der Waals surface area contributed by atoms with E-state index in [2.05, 4.69) is 228 Å². The van der Waals surface area contributed by atoms with E-state index < -0.39 is 0 Å². The third-order valence-electron chi connectivity index (χ3n) is 12.2. The lowest BCUT2D eigenvalue weighted by Gasteiger charge is -2.26. The van der Waals surface area contributed by atoms with Gasteiger partial charge in [-0.1, -0.05) is 158 Å². The molecule has 0 N–H and O–H groups in total. The van der Waals surface area contributed by atoms with Crippen LogP contribution >= 0.6 is 0 Å². The average Bonchev–Trinajstić information content (AvgIpc) is 3.88. The van der Waals surface area contributed by atoms with E-state index in [4.69, 9.17) is 4.42 Å². The minimum atomic E-state index is 0.891. The lowest BCUT2D eigenvalue weighted by atomic mass is 9.93. The molecule has 0 aliphatic heterocycles. The van der Waals surface area contributed by atoms with Crippen LogP contribution in [0.3, 0.4) is 0 Å². The minimum absolute atomic E-state index is 0.891. The van der Waals surface area contributed by atoms with Gasteiger partial charge in [0, 0.05) is 33.2 Å². The van der Waals surface area contributed by atoms with Crippen molar-refractivity contribution in [1.29, 1.82) is 0 Å². The standard InChI is InChI=1S/C58H38N2O/c1-2-13-39(14-3-1)41-25-31-45(32-26-41)59(47-35-27-40-15-4-5-16-43(40)37-47)46-33-28-42(29-34-46)48-17-6-7-18-49(48)44-30-36-54-52(38-44)50-19-8-10-21-53(50)60(54)55-22-12-24-57-58(55)51-20-9-11-23-56(51)61-57/h1-38H. The Labute approximate surface area is 353 Å². The summed E-state index contributed by atoms with van der Waals surface area (Å²) < 4.78 is 8.73. The highest BCUT2D eigenvalue weighted by atomic mass is 16.3. The number of hydrogen-bond acceptors (Lipinski definition) is 2. The molecule has 2 aromatic heterocycles. The third-order valence-corrected chi connectivity index (χ3v) is 12.2. The number of benzene rings is 10. The van der Waals surface area contributed by atoms with Crippen LogP contribution in [-0.2, 0) is 0 Å². The Morgan fingerprint density at radius 1 is 0.328 bits per heavy atom. The summed E-state index contributed by atoms with van der Waals surface area (Å²) in [6.45, 7) is 0. The lowest BCUT2D eigenvalue weighted by Crippen LogP contribution is -2.09. The molecule has 2 heterocycles. The van der Waals surface area contributed by atoms with Crippen LogP contribution in [0, 0.1) is 0 Å². The van der Waals surface area contributed by atoms with Gasteiger partial charge in [0.2, 0.25) is 0 Å². The Kier molecular flexibility index (Phi) is 8.17. The Balaban J connectivity index is 0.952. The molecular formula is C58H38N2O. The zero-order valence-electron chi connectivity index (χ0n) is 33.2. The van der Waals surface area contributed by atoms with Crippen molar-refractivity contribution < 1.29 is 4.42 Å². The summed E-state index contributed by atoms with van der Waals surface area (Å²) in [4.78, 5) is 2.35. The smallest absolute Gasteiger partial charge is 0.137 e. The van der Waals surface area contributed by atoms with Gasteiger partial charge in [-0.2, -0.15) is 0 Å². The summed E-state index contributed by atoms with van der Waals surface area (Å²) >= 11 is 0. The van der Waals surface area contributed by atoms with Gasteiger partial charge in [-0.25, -0.2) is 0 Å². The maximum absolute atomic E-state index is 6.33. The number of anilines is 3. The van der Waals surface area contributed by atoms with E-state index in [1.807, 2.05) is 12.1 Å². The summed E-state index contributed by atoms with van der Waals surface area (Å²) in [6, 6.07) is 82.9. The van der Waals surface area contributed by atoms with Gasteiger partial charge in [-0.05, 0) is 117 Å². The summed E-state index contributed by atoms with van der Waals surface area (Å²) in [7, 11) is 0. The van der Waals surface area contributed by atoms with E-state index in [9.17, 15) is 0 Å². The summed E-state index contributed by atoms with van der Waals surface area (Å²) in [5.74, 6) is 0. The van der Waals surface area contributed by atoms with E-state index in [0.717, 1.165) is 50.2 Å². The van der Waals surface area contributed by atoms with Crippen LogP contribution in [0.4, 0.5) is 17.1 Å². The topological polar surface area (TPSA) is 21.3 Å². The molecule has 0 atom stereocenters. The molecule has 0 radical (unpaired) electrons. The number of rotatable bonds is 7. The molecular weight excluding hydrogens is 741 g/mol. The normalized spacial score (nSPS) is 11.6. The SMILES string of the molecule is c1ccc(-c2ccc(N(c3ccc(-c4ccccc4-c4ccc5c(c4)c4ccccc4n5-c4cccc5oc6ccccc6c45)cc3)c3ccc4ccccc4c3)cc2)cc1. The van der Waals surface area contributed by atoms with Crippen molar-refractivity contribution in [3.05, 3.63) is 231 Å². The van der Waals surface area contributed by atoms with E-state index in [1.54, 1.807) is 0 Å². The molecule has 0 unspecified atom stereocenters. The quantitative estimate of drug-likeness (QED) is 0.161. The Morgan fingerprint density at radius 2 is 0.902 bits per heavy atom. The van der Waals surface area contributed by atoms with Crippen LogP contribution in [-0.4, -0.2) is 4.57 Å². The molecule has 0 bridgehead atoms. The molecule has 12 aromatic rings. The number of nitrogens with zero attached hydrogens (tertiary/aromatic N) is 2. The number of fused-ring (bicyclic) bond motifs is 7. The Bertz CT molecular complexity index is 3580. The fourth-order valence-corrected chi connectivity index (χ4v) is 9.32. The monoisotopic (exact) mass is 778 g/mol. The highest BCUT2D eigenvalue weighted by molar-refractivity contribution is 6.15. The van der Waals surface area contributed by atoms with Gasteiger partial charge >= 0.3 is 0 Å². The molecule has 12 rings (SSSR count). The van der Waals surface area contributed by atoms with E-state index in [1.165, 1.54) is 60.4 Å². The first kappa shape index (κ1) is 34.9. The second-order valence-electron chi connectivity index (χ2n) is 15.7. The number of furan rings is 1. The molecule has 0 fully saturated rings. The van der Waals surface area contributed by atoms with Crippen molar-refractivity contribution in [3.63, 3.8) is 0 Å². The van der Waals surface area contributed by atoms with Crippen LogP contribution in [0.25, 0.3) is 93.6 Å². The first-order chi connectivity index (χ1) is 30.2. The largest absolute Gasteiger partial charge is 0.456 e. The third kappa shape index (κ3) is 5.90. The van der Waals surface area contributed by atoms with Gasteiger partial charge in [0.1, 0.15) is 11.2 Å². The van der Waals surface area contributed by atoms with Crippen LogP contribution < -0.4 is 4.90 Å². The number of hydrogen-bond donors (Lipinski definition) is 0. The predicted molar refractivity (Wildman–Crippen MR) is 257 cm³/mol. The van der Waals surface area contributed by atoms with E-state index in [0.29, 0.717) is 0 Å². The first-order valence-corrected chi connectivity index (χ1v) is 20.8. The number of para-hydroxylation sites is 2. The van der Waals surface area contributed by atoms with Crippen molar-refractivity contribution in [2.75, 3.05) is 4.90 Å². The van der Waals surface area contributed by atoms with Crippen LogP contribution in [0.1, 0.15) is 0 Å². The van der Waals surface area contributed by atoms with Gasteiger partial charge < -0.3 is 13.9 Å². The molecule has 286 valence electrons. The molecule has 0 saturated carbocycles. The molecule has 3 nitrogen and oxygen atoms in total. The van der Waals surface area contributed by atoms with Crippen molar-refractivity contribution in [2.24, 2.45) is 0 Å². The second-order valence-corrected chi connectivity index (χ2v) is 15.7. The first-order valence-electron chi connectivity index (χ1n) is 20.8. The van der Waals surface area contributed by atoms with Crippen molar-refractivity contribution in [1.82, 2.24) is 4.57 Å². The second kappa shape index (κ2) is 14.3. The molecule has 0 amide bonds. The summed E-state index contributed by atoms with van der Waals surface area (Å²) in [5, 5.41) is 7.12. The lowest BCUT2D eigenvalue weighted by molar-refractivity contribution is 0.669. The zero-order chi connectivity index (χ0) is 40.3. The molecule has 0 aliphatic rings. The van der Waals surface area contributed by atoms with Crippen molar-refractivity contribution in [3.8, 4) is 39.1 Å². The Hall–Kier alpha value is -8.14. The Morgan fingerprint density at radius 3 is 1.70 bits per heavy atom. The minimum Gasteiger partial charge on any atom is -0.456 e. The van der Waals surface area contributed by atoms with E-state index in [-0.39, 0.29) is 0 Å². The molecule has 0 saturated heterocycles. The van der Waals surface area contributed by atoms with Gasteiger partial charge in [0.15, 0.2) is 0 Å². The van der Waals surface area contributed by atoms with Crippen LogP contribution in [0.2, 0.25) is 0 Å². The zero-order valence-corrected chi connectivity index (χ0v) is 33.2. The molecule has 10 aromatic carbocycles. The maximum atomic E-state index is 6.33. The van der Waals surface area contributed by atoms with Gasteiger partial charge in [-0.3, -0.25) is 0 Å². The average molecular weight is 779 g/mol. The fourth-order valence-electron chi connectivity index (χ4n) is 9.32. The van der Waals surface area contributed by atoms with Crippen molar-refractivity contribution in [2.45, 2.75) is 0 Å². The number of aromatic nitrogens is 1. The summed E-state index contributed by atoms with van der Waals surface area (Å²) in [6.07, 6.45) is 0.